The first kappa shape index (κ1) is 12.7. The summed E-state index contributed by atoms with van der Waals surface area (Å²) < 4.78 is 0. The van der Waals surface area contributed by atoms with Crippen LogP contribution in [0.1, 0.15) is 38.5 Å². The van der Waals surface area contributed by atoms with Crippen molar-refractivity contribution in [3.63, 3.8) is 0 Å². The van der Waals surface area contributed by atoms with Crippen molar-refractivity contribution < 1.29 is 9.90 Å². The van der Waals surface area contributed by atoms with Crippen molar-refractivity contribution in [3.8, 4) is 0 Å². The number of aliphatic carboxylic acids is 1. The zero-order valence-electron chi connectivity index (χ0n) is 8.79. The molecular formula is C10H19ClN2O2. The molecule has 1 saturated carbocycles. The van der Waals surface area contributed by atoms with Gasteiger partial charge in [-0.05, 0) is 38.5 Å². The largest absolute Gasteiger partial charge is 0.481 e. The smallest absolute Gasteiger partial charge is 0.306 e. The van der Waals surface area contributed by atoms with Gasteiger partial charge in [0.05, 0.1) is 5.92 Å². The summed E-state index contributed by atoms with van der Waals surface area (Å²) in [6.07, 6.45) is 6.03. The predicted octanol–water partition coefficient (Wildman–Crippen LogP) is 1.31. The van der Waals surface area contributed by atoms with Gasteiger partial charge in [-0.2, -0.15) is 0 Å². The fourth-order valence-electron chi connectivity index (χ4n) is 2.62. The summed E-state index contributed by atoms with van der Waals surface area (Å²) in [6.45, 7) is 1.03. The molecule has 88 valence electrons. The summed E-state index contributed by atoms with van der Waals surface area (Å²) in [5, 5.41) is 8.89. The first-order chi connectivity index (χ1) is 6.72. The highest BCUT2D eigenvalue weighted by Crippen LogP contribution is 2.35. The van der Waals surface area contributed by atoms with Gasteiger partial charge in [-0.15, -0.1) is 12.4 Å². The average molecular weight is 235 g/mol. The van der Waals surface area contributed by atoms with Crippen molar-refractivity contribution in [2.24, 2.45) is 5.92 Å². The molecule has 2 rings (SSSR count). The van der Waals surface area contributed by atoms with Crippen LogP contribution < -0.4 is 10.9 Å². The number of nitrogens with one attached hydrogen (secondary N) is 2. The van der Waals surface area contributed by atoms with E-state index < -0.39 is 5.97 Å². The molecule has 4 nitrogen and oxygen atoms in total. The van der Waals surface area contributed by atoms with Gasteiger partial charge >= 0.3 is 5.97 Å². The van der Waals surface area contributed by atoms with Gasteiger partial charge in [0.2, 0.25) is 0 Å². The molecule has 2 fully saturated rings. The third kappa shape index (κ3) is 2.83. The van der Waals surface area contributed by atoms with Gasteiger partial charge in [-0.1, -0.05) is 0 Å². The van der Waals surface area contributed by atoms with E-state index in [2.05, 4.69) is 10.9 Å². The van der Waals surface area contributed by atoms with Crippen LogP contribution in [0.5, 0.6) is 0 Å². The molecule has 2 aliphatic rings. The highest BCUT2D eigenvalue weighted by Gasteiger charge is 2.37. The molecule has 5 heteroatoms. The Morgan fingerprint density at radius 1 is 1.27 bits per heavy atom. The number of carbonyl (C=O) groups is 1. The molecule has 0 unspecified atom stereocenters. The van der Waals surface area contributed by atoms with Crippen molar-refractivity contribution in [1.29, 1.82) is 0 Å². The van der Waals surface area contributed by atoms with Gasteiger partial charge in [-0.3, -0.25) is 15.6 Å². The second kappa shape index (κ2) is 5.14. The van der Waals surface area contributed by atoms with Crippen molar-refractivity contribution >= 4 is 18.4 Å². The second-order valence-corrected chi connectivity index (χ2v) is 4.55. The molecule has 1 spiro atoms. The molecule has 0 aromatic rings. The number of carboxylic acid groups (broad SMARTS) is 1. The fraction of sp³-hybridized carbons (Fsp3) is 0.900. The zero-order valence-corrected chi connectivity index (χ0v) is 9.61. The number of hydrogen-bond acceptors (Lipinski definition) is 3. The molecule has 3 N–H and O–H groups in total. The van der Waals surface area contributed by atoms with Gasteiger partial charge < -0.3 is 5.11 Å². The maximum absolute atomic E-state index is 10.8. The molecule has 0 atom stereocenters. The molecule has 0 radical (unpaired) electrons. The van der Waals surface area contributed by atoms with Crippen LogP contribution in [0.4, 0.5) is 0 Å². The molecule has 0 amide bonds. The van der Waals surface area contributed by atoms with Gasteiger partial charge in [0.1, 0.15) is 0 Å². The summed E-state index contributed by atoms with van der Waals surface area (Å²) in [5.41, 5.74) is 6.74. The van der Waals surface area contributed by atoms with E-state index in [1.807, 2.05) is 0 Å². The second-order valence-electron chi connectivity index (χ2n) is 4.55. The van der Waals surface area contributed by atoms with Crippen LogP contribution in [0.15, 0.2) is 0 Å². The lowest BCUT2D eigenvalue weighted by Crippen LogP contribution is -2.58. The lowest BCUT2D eigenvalue weighted by molar-refractivity contribution is -0.143. The van der Waals surface area contributed by atoms with Crippen LogP contribution in [0.3, 0.4) is 0 Å². The first-order valence-electron chi connectivity index (χ1n) is 5.45. The summed E-state index contributed by atoms with van der Waals surface area (Å²) in [5.74, 6) is -0.729. The van der Waals surface area contributed by atoms with Gasteiger partial charge in [0, 0.05) is 12.1 Å². The van der Waals surface area contributed by atoms with Gasteiger partial charge in [0.25, 0.3) is 0 Å². The molecule has 1 aliphatic heterocycles. The standard InChI is InChI=1S/C10H18N2O2.ClH/c13-9(14)8-2-5-10(6-3-8)4-1-7-11-12-10;/h8,11-12H,1-7H2,(H,13,14);1H. The highest BCUT2D eigenvalue weighted by atomic mass is 35.5. The van der Waals surface area contributed by atoms with Crippen molar-refractivity contribution in [2.45, 2.75) is 44.1 Å². The number of rotatable bonds is 1. The normalized spacial score (nSPS) is 35.9. The topological polar surface area (TPSA) is 61.4 Å². The molecule has 0 aromatic heterocycles. The van der Waals surface area contributed by atoms with Gasteiger partial charge in [-0.25, -0.2) is 0 Å². The minimum atomic E-state index is -0.622. The van der Waals surface area contributed by atoms with E-state index in [1.165, 1.54) is 12.8 Å². The van der Waals surface area contributed by atoms with Crippen molar-refractivity contribution in [1.82, 2.24) is 10.9 Å². The van der Waals surface area contributed by atoms with Crippen molar-refractivity contribution in [2.75, 3.05) is 6.54 Å². The highest BCUT2D eigenvalue weighted by molar-refractivity contribution is 5.85. The third-order valence-electron chi connectivity index (χ3n) is 3.60. The van der Waals surface area contributed by atoms with E-state index in [4.69, 9.17) is 5.11 Å². The van der Waals surface area contributed by atoms with Crippen LogP contribution >= 0.6 is 12.4 Å². The Kier molecular flexibility index (Phi) is 4.37. The Morgan fingerprint density at radius 2 is 1.93 bits per heavy atom. The molecule has 1 saturated heterocycles. The summed E-state index contributed by atoms with van der Waals surface area (Å²) >= 11 is 0. The molecule has 0 bridgehead atoms. The lowest BCUT2D eigenvalue weighted by atomic mass is 9.74. The first-order valence-corrected chi connectivity index (χ1v) is 5.45. The Hall–Kier alpha value is -0.320. The molecular weight excluding hydrogens is 216 g/mol. The number of hydrogen-bond donors (Lipinski definition) is 3. The molecule has 1 aliphatic carbocycles. The Labute approximate surface area is 96.2 Å². The summed E-state index contributed by atoms with van der Waals surface area (Å²) in [6, 6.07) is 0. The Bertz CT molecular complexity index is 219. The number of carboxylic acids is 1. The Morgan fingerprint density at radius 3 is 2.40 bits per heavy atom. The molecule has 1 heterocycles. The average Bonchev–Trinajstić information content (AvgIpc) is 2.19. The monoisotopic (exact) mass is 234 g/mol. The van der Waals surface area contributed by atoms with E-state index in [1.54, 1.807) is 0 Å². The van der Waals surface area contributed by atoms with Crippen molar-refractivity contribution in [3.05, 3.63) is 0 Å². The fourth-order valence-corrected chi connectivity index (χ4v) is 2.62. The lowest BCUT2D eigenvalue weighted by Gasteiger charge is -2.43. The minimum absolute atomic E-state index is 0. The quantitative estimate of drug-likeness (QED) is 0.640. The zero-order chi connectivity index (χ0) is 10.0. The van der Waals surface area contributed by atoms with E-state index in [0.29, 0.717) is 0 Å². The van der Waals surface area contributed by atoms with E-state index >= 15 is 0 Å². The maximum Gasteiger partial charge on any atom is 0.306 e. The van der Waals surface area contributed by atoms with Crippen LogP contribution in [0.2, 0.25) is 0 Å². The maximum atomic E-state index is 10.8. The number of hydrazine groups is 1. The van der Waals surface area contributed by atoms with Crippen LogP contribution in [-0.4, -0.2) is 23.2 Å². The van der Waals surface area contributed by atoms with Crippen LogP contribution in [0.25, 0.3) is 0 Å². The number of halogens is 1. The summed E-state index contributed by atoms with van der Waals surface area (Å²) in [4.78, 5) is 10.8. The molecule has 0 aromatic carbocycles. The van der Waals surface area contributed by atoms with E-state index in [0.717, 1.165) is 32.2 Å². The summed E-state index contributed by atoms with van der Waals surface area (Å²) in [7, 11) is 0. The SMILES string of the molecule is Cl.O=C(O)C1CCC2(CCCNN2)CC1. The molecule has 15 heavy (non-hydrogen) atoms. The van der Waals surface area contributed by atoms with Crippen LogP contribution in [-0.2, 0) is 4.79 Å². The minimum Gasteiger partial charge on any atom is -0.481 e. The third-order valence-corrected chi connectivity index (χ3v) is 3.60. The van der Waals surface area contributed by atoms with E-state index in [9.17, 15) is 4.79 Å². The van der Waals surface area contributed by atoms with Gasteiger partial charge in [0.15, 0.2) is 0 Å². The van der Waals surface area contributed by atoms with Crippen LogP contribution in [0, 0.1) is 5.92 Å². The van der Waals surface area contributed by atoms with E-state index in [-0.39, 0.29) is 23.9 Å². The predicted molar refractivity (Wildman–Crippen MR) is 59.9 cm³/mol. The Balaban J connectivity index is 0.00000112.